The maximum Gasteiger partial charge on any atom is 0.228 e. The van der Waals surface area contributed by atoms with Gasteiger partial charge in [-0.3, -0.25) is 9.59 Å². The Hall–Kier alpha value is -2.64. The molecule has 156 valence electrons. The van der Waals surface area contributed by atoms with Gasteiger partial charge >= 0.3 is 0 Å². The molecule has 1 aliphatic heterocycles. The van der Waals surface area contributed by atoms with Crippen LogP contribution in [0.4, 0.5) is 0 Å². The molecule has 7 nitrogen and oxygen atoms in total. The summed E-state index contributed by atoms with van der Waals surface area (Å²) in [6.45, 7) is 6.64. The molecule has 0 spiro atoms. The van der Waals surface area contributed by atoms with Crippen molar-refractivity contribution in [3.8, 4) is 11.5 Å². The minimum absolute atomic E-state index is 0.0238. The summed E-state index contributed by atoms with van der Waals surface area (Å²) in [4.78, 5) is 25.8. The monoisotopic (exact) mass is 402 g/mol. The molecular formula is C22H26O7. The van der Waals surface area contributed by atoms with Gasteiger partial charge in [-0.2, -0.15) is 0 Å². The number of Topliss-reactive ketones (excluding diaryl/α,β-unsaturated/α-hetero) is 2. The van der Waals surface area contributed by atoms with Crippen molar-refractivity contribution in [2.75, 3.05) is 13.7 Å². The molecule has 1 aromatic rings. The van der Waals surface area contributed by atoms with Crippen molar-refractivity contribution >= 4 is 11.6 Å². The number of phenolic OH excluding ortho intramolecular Hbond substituents is 1. The van der Waals surface area contributed by atoms with Crippen molar-refractivity contribution in [2.45, 2.75) is 51.7 Å². The fourth-order valence-electron chi connectivity index (χ4n) is 4.08. The Balaban J connectivity index is 2.18. The van der Waals surface area contributed by atoms with Gasteiger partial charge in [-0.15, -0.1) is 0 Å². The van der Waals surface area contributed by atoms with E-state index in [2.05, 4.69) is 0 Å². The number of ketones is 2. The van der Waals surface area contributed by atoms with Gasteiger partial charge in [-0.25, -0.2) is 0 Å². The molecule has 0 saturated carbocycles. The molecule has 3 rings (SSSR count). The third-order valence-electron chi connectivity index (χ3n) is 6.13. The average Bonchev–Trinajstić information content (AvgIpc) is 2.96. The highest BCUT2D eigenvalue weighted by atomic mass is 16.5. The molecule has 2 aliphatic rings. The van der Waals surface area contributed by atoms with Gasteiger partial charge in [0.1, 0.15) is 17.6 Å². The molecule has 3 atom stereocenters. The number of aliphatic hydroxyl groups is 2. The van der Waals surface area contributed by atoms with Crippen LogP contribution in [-0.2, 0) is 10.2 Å². The summed E-state index contributed by atoms with van der Waals surface area (Å²) in [5, 5.41) is 30.9. The van der Waals surface area contributed by atoms with Gasteiger partial charge < -0.3 is 24.8 Å². The van der Waals surface area contributed by atoms with Crippen LogP contribution in [0.25, 0.3) is 0 Å². The third-order valence-corrected chi connectivity index (χ3v) is 6.13. The van der Waals surface area contributed by atoms with E-state index in [0.717, 1.165) is 0 Å². The molecule has 1 aliphatic carbocycles. The standard InChI is InChI=1S/C22H26O7/c1-10(9-23)6-7-15(25)22(4)12(3)29-21-16-13(8-14(24)17(21)22)19(27)20(28-5)11(2)18(16)26/h6,8,12,15,23-25H,7,9H2,1-5H3/b10-6+/t12-,15?,22-/m0/s1. The summed E-state index contributed by atoms with van der Waals surface area (Å²) in [5.74, 6) is -1.05. The van der Waals surface area contributed by atoms with Crippen LogP contribution < -0.4 is 4.74 Å². The smallest absolute Gasteiger partial charge is 0.228 e. The largest absolute Gasteiger partial charge is 0.507 e. The Bertz CT molecular complexity index is 956. The van der Waals surface area contributed by atoms with E-state index in [1.807, 2.05) is 0 Å². The fraction of sp³-hybridized carbons (Fsp3) is 0.455. The Kier molecular flexibility index (Phi) is 5.32. The van der Waals surface area contributed by atoms with E-state index < -0.39 is 29.2 Å². The van der Waals surface area contributed by atoms with Crippen molar-refractivity contribution in [3.63, 3.8) is 0 Å². The predicted molar refractivity (Wildman–Crippen MR) is 105 cm³/mol. The van der Waals surface area contributed by atoms with E-state index in [4.69, 9.17) is 9.47 Å². The van der Waals surface area contributed by atoms with Crippen molar-refractivity contribution in [1.29, 1.82) is 0 Å². The molecule has 1 unspecified atom stereocenters. The zero-order valence-corrected chi connectivity index (χ0v) is 17.2. The molecule has 0 fully saturated rings. The number of aromatic hydroxyl groups is 1. The van der Waals surface area contributed by atoms with Crippen LogP contribution in [0, 0.1) is 0 Å². The fourth-order valence-corrected chi connectivity index (χ4v) is 4.08. The molecule has 0 bridgehead atoms. The SMILES string of the molecule is COC1=C(C)C(=O)c2c(cc(O)c3c2O[C@@H](C)[C@@]3(C)C(O)C/C=C(\C)CO)C1=O. The van der Waals surface area contributed by atoms with Crippen LogP contribution in [0.3, 0.4) is 0 Å². The average molecular weight is 402 g/mol. The minimum Gasteiger partial charge on any atom is -0.507 e. The number of methoxy groups -OCH3 is 1. The number of carbonyl (C=O) groups excluding carboxylic acids is 2. The first-order valence-electron chi connectivity index (χ1n) is 9.45. The number of aliphatic hydroxyl groups excluding tert-OH is 2. The Labute approximate surface area is 169 Å². The maximum absolute atomic E-state index is 13.0. The lowest BCUT2D eigenvalue weighted by molar-refractivity contribution is 0.0390. The third kappa shape index (κ3) is 2.96. The first-order chi connectivity index (χ1) is 13.6. The minimum atomic E-state index is -1.02. The number of ether oxygens (including phenoxy) is 2. The Morgan fingerprint density at radius 2 is 2.03 bits per heavy atom. The Morgan fingerprint density at radius 3 is 2.62 bits per heavy atom. The van der Waals surface area contributed by atoms with Crippen molar-refractivity contribution < 1.29 is 34.4 Å². The summed E-state index contributed by atoms with van der Waals surface area (Å²) < 4.78 is 11.1. The first kappa shape index (κ1) is 21.1. The molecule has 0 amide bonds. The van der Waals surface area contributed by atoms with Gasteiger partial charge in [0.25, 0.3) is 0 Å². The van der Waals surface area contributed by atoms with Crippen LogP contribution in [0.1, 0.15) is 60.4 Å². The van der Waals surface area contributed by atoms with Gasteiger partial charge in [-0.05, 0) is 40.2 Å². The van der Waals surface area contributed by atoms with Gasteiger partial charge in [0, 0.05) is 16.7 Å². The van der Waals surface area contributed by atoms with Gasteiger partial charge in [0.15, 0.2) is 11.5 Å². The quantitative estimate of drug-likeness (QED) is 0.648. The van der Waals surface area contributed by atoms with Gasteiger partial charge in [0.05, 0.1) is 30.8 Å². The van der Waals surface area contributed by atoms with Crippen LogP contribution in [-0.4, -0.2) is 52.8 Å². The van der Waals surface area contributed by atoms with Crippen molar-refractivity contribution in [3.05, 3.63) is 45.7 Å². The zero-order valence-electron chi connectivity index (χ0n) is 17.2. The lowest BCUT2D eigenvalue weighted by Crippen LogP contribution is -2.44. The molecule has 0 radical (unpaired) electrons. The van der Waals surface area contributed by atoms with Gasteiger partial charge in [-0.1, -0.05) is 11.6 Å². The zero-order chi connectivity index (χ0) is 21.7. The number of phenols is 1. The highest BCUT2D eigenvalue weighted by molar-refractivity contribution is 6.27. The van der Waals surface area contributed by atoms with Crippen LogP contribution in [0.2, 0.25) is 0 Å². The number of carbonyl (C=O) groups is 2. The molecule has 3 N–H and O–H groups in total. The van der Waals surface area contributed by atoms with E-state index in [0.29, 0.717) is 11.1 Å². The highest BCUT2D eigenvalue weighted by Crippen LogP contribution is 2.53. The maximum atomic E-state index is 13.0. The lowest BCUT2D eigenvalue weighted by Gasteiger charge is -2.33. The van der Waals surface area contributed by atoms with Crippen molar-refractivity contribution in [2.24, 2.45) is 0 Å². The molecule has 0 aromatic heterocycles. The number of fused-ring (bicyclic) bond motifs is 3. The predicted octanol–water partition coefficient (Wildman–Crippen LogP) is 2.42. The second-order valence-electron chi connectivity index (χ2n) is 7.84. The normalized spacial score (nSPS) is 24.9. The second-order valence-corrected chi connectivity index (χ2v) is 7.84. The van der Waals surface area contributed by atoms with E-state index in [1.54, 1.807) is 26.8 Å². The number of allylic oxidation sites excluding steroid dienone is 2. The molecule has 29 heavy (non-hydrogen) atoms. The van der Waals surface area contributed by atoms with E-state index in [-0.39, 0.29) is 47.0 Å². The van der Waals surface area contributed by atoms with E-state index in [9.17, 15) is 24.9 Å². The molecule has 1 aromatic carbocycles. The first-order valence-corrected chi connectivity index (χ1v) is 9.45. The van der Waals surface area contributed by atoms with E-state index in [1.165, 1.54) is 20.1 Å². The molecule has 1 heterocycles. The summed E-state index contributed by atoms with van der Waals surface area (Å²) in [6.07, 6.45) is 0.433. The second kappa shape index (κ2) is 7.31. The van der Waals surface area contributed by atoms with Crippen LogP contribution in [0.5, 0.6) is 11.5 Å². The van der Waals surface area contributed by atoms with Crippen LogP contribution >= 0.6 is 0 Å². The summed E-state index contributed by atoms with van der Waals surface area (Å²) in [5.41, 5.74) is 0.277. The number of rotatable bonds is 5. The highest BCUT2D eigenvalue weighted by Gasteiger charge is 2.52. The summed E-state index contributed by atoms with van der Waals surface area (Å²) in [6, 6.07) is 1.25. The number of benzene rings is 1. The Morgan fingerprint density at radius 1 is 1.38 bits per heavy atom. The molecular weight excluding hydrogens is 376 g/mol. The molecule has 0 saturated heterocycles. The van der Waals surface area contributed by atoms with Crippen LogP contribution in [0.15, 0.2) is 29.0 Å². The summed E-state index contributed by atoms with van der Waals surface area (Å²) in [7, 11) is 1.32. The number of hydrogen-bond donors (Lipinski definition) is 3. The van der Waals surface area contributed by atoms with Crippen molar-refractivity contribution in [1.82, 2.24) is 0 Å². The lowest BCUT2D eigenvalue weighted by atomic mass is 9.71. The summed E-state index contributed by atoms with van der Waals surface area (Å²) >= 11 is 0. The topological polar surface area (TPSA) is 113 Å². The number of hydrogen-bond acceptors (Lipinski definition) is 7. The van der Waals surface area contributed by atoms with Gasteiger partial charge in [0.2, 0.25) is 5.78 Å². The molecule has 7 heteroatoms. The van der Waals surface area contributed by atoms with E-state index >= 15 is 0 Å².